The van der Waals surface area contributed by atoms with E-state index in [1.165, 1.54) is 0 Å². The van der Waals surface area contributed by atoms with Crippen LogP contribution in [0.25, 0.3) is 11.3 Å². The number of rotatable bonds is 3. The van der Waals surface area contributed by atoms with Crippen LogP contribution in [0.4, 0.5) is 0 Å². The van der Waals surface area contributed by atoms with E-state index in [9.17, 15) is 0 Å². The molecule has 0 unspecified atom stereocenters. The Balaban J connectivity index is 2.42. The van der Waals surface area contributed by atoms with E-state index >= 15 is 0 Å². The molecule has 0 saturated heterocycles. The fourth-order valence-corrected chi connectivity index (χ4v) is 1.83. The third-order valence-electron chi connectivity index (χ3n) is 2.27. The van der Waals surface area contributed by atoms with Crippen LogP contribution in [-0.4, -0.2) is 16.3 Å². The summed E-state index contributed by atoms with van der Waals surface area (Å²) in [5.41, 5.74) is 7.49. The Morgan fingerprint density at radius 3 is 2.69 bits per heavy atom. The molecule has 2 N–H and O–H groups in total. The summed E-state index contributed by atoms with van der Waals surface area (Å²) in [5, 5.41) is 5.29. The molecule has 0 spiro atoms. The van der Waals surface area contributed by atoms with Gasteiger partial charge in [-0.3, -0.25) is 4.68 Å². The smallest absolute Gasteiger partial charge is 0.0683 e. The van der Waals surface area contributed by atoms with Crippen LogP contribution >= 0.6 is 23.2 Å². The maximum Gasteiger partial charge on any atom is 0.0683 e. The normalized spacial score (nSPS) is 10.7. The summed E-state index contributed by atoms with van der Waals surface area (Å²) in [6.07, 6.45) is 1.74. The highest BCUT2D eigenvalue weighted by atomic mass is 35.5. The van der Waals surface area contributed by atoms with Gasteiger partial charge in [-0.1, -0.05) is 29.3 Å². The summed E-state index contributed by atoms with van der Waals surface area (Å²) in [4.78, 5) is 0. The van der Waals surface area contributed by atoms with Gasteiger partial charge in [0.25, 0.3) is 0 Å². The molecular formula is C11H11Cl2N3. The molecule has 0 aliphatic rings. The van der Waals surface area contributed by atoms with Crippen LogP contribution in [0.2, 0.25) is 10.0 Å². The van der Waals surface area contributed by atoms with Gasteiger partial charge in [0.05, 0.1) is 22.3 Å². The molecule has 0 saturated carbocycles. The highest BCUT2D eigenvalue weighted by Gasteiger charge is 2.06. The van der Waals surface area contributed by atoms with Crippen molar-refractivity contribution in [3.63, 3.8) is 0 Å². The van der Waals surface area contributed by atoms with E-state index in [-0.39, 0.29) is 0 Å². The SMILES string of the molecule is NCCn1nccc1-c1ccc(Cl)c(Cl)c1. The van der Waals surface area contributed by atoms with E-state index in [1.807, 2.05) is 22.9 Å². The average Bonchev–Trinajstić information content (AvgIpc) is 2.71. The van der Waals surface area contributed by atoms with E-state index in [2.05, 4.69) is 5.10 Å². The highest BCUT2D eigenvalue weighted by Crippen LogP contribution is 2.28. The topological polar surface area (TPSA) is 43.8 Å². The summed E-state index contributed by atoms with van der Waals surface area (Å²) in [6, 6.07) is 7.44. The Kier molecular flexibility index (Phi) is 3.49. The second-order valence-electron chi connectivity index (χ2n) is 3.36. The first-order chi connectivity index (χ1) is 7.72. The molecule has 84 valence electrons. The molecule has 5 heteroatoms. The van der Waals surface area contributed by atoms with Gasteiger partial charge in [-0.2, -0.15) is 5.10 Å². The van der Waals surface area contributed by atoms with Crippen molar-refractivity contribution < 1.29 is 0 Å². The predicted octanol–water partition coefficient (Wildman–Crippen LogP) is 2.82. The molecule has 1 heterocycles. The van der Waals surface area contributed by atoms with Crippen LogP contribution in [0, 0.1) is 0 Å². The molecule has 2 rings (SSSR count). The number of nitrogens with two attached hydrogens (primary N) is 1. The summed E-state index contributed by atoms with van der Waals surface area (Å²) in [7, 11) is 0. The van der Waals surface area contributed by atoms with Gasteiger partial charge in [0, 0.05) is 18.3 Å². The molecule has 0 radical (unpaired) electrons. The first-order valence-corrected chi connectivity index (χ1v) is 5.65. The van der Waals surface area contributed by atoms with Crippen molar-refractivity contribution in [2.75, 3.05) is 6.54 Å². The minimum Gasteiger partial charge on any atom is -0.329 e. The van der Waals surface area contributed by atoms with Crippen LogP contribution in [-0.2, 0) is 6.54 Å². The molecule has 0 fully saturated rings. The maximum atomic E-state index is 5.97. The van der Waals surface area contributed by atoms with Crippen molar-refractivity contribution in [1.82, 2.24) is 9.78 Å². The highest BCUT2D eigenvalue weighted by molar-refractivity contribution is 6.42. The van der Waals surface area contributed by atoms with Crippen LogP contribution in [0.15, 0.2) is 30.5 Å². The van der Waals surface area contributed by atoms with Crippen molar-refractivity contribution in [2.24, 2.45) is 5.73 Å². The summed E-state index contributed by atoms with van der Waals surface area (Å²) in [5.74, 6) is 0. The van der Waals surface area contributed by atoms with Crippen molar-refractivity contribution >= 4 is 23.2 Å². The van der Waals surface area contributed by atoms with Gasteiger partial charge < -0.3 is 5.73 Å². The molecule has 0 amide bonds. The monoisotopic (exact) mass is 255 g/mol. The lowest BCUT2D eigenvalue weighted by atomic mass is 10.1. The molecule has 0 bridgehead atoms. The molecule has 1 aromatic heterocycles. The number of hydrogen-bond donors (Lipinski definition) is 1. The number of hydrogen-bond acceptors (Lipinski definition) is 2. The van der Waals surface area contributed by atoms with E-state index in [1.54, 1.807) is 12.3 Å². The first-order valence-electron chi connectivity index (χ1n) is 4.89. The van der Waals surface area contributed by atoms with Gasteiger partial charge in [-0.05, 0) is 18.2 Å². The van der Waals surface area contributed by atoms with E-state index in [0.29, 0.717) is 23.1 Å². The van der Waals surface area contributed by atoms with Gasteiger partial charge in [0.15, 0.2) is 0 Å². The standard InChI is InChI=1S/C11H11Cl2N3/c12-9-2-1-8(7-10(9)13)11-3-5-15-16(11)6-4-14/h1-3,5,7H,4,6,14H2. The lowest BCUT2D eigenvalue weighted by molar-refractivity contribution is 0.631. The maximum absolute atomic E-state index is 5.97. The van der Waals surface area contributed by atoms with Crippen LogP contribution in [0.5, 0.6) is 0 Å². The number of benzene rings is 1. The average molecular weight is 256 g/mol. The van der Waals surface area contributed by atoms with Gasteiger partial charge >= 0.3 is 0 Å². The third-order valence-corrected chi connectivity index (χ3v) is 3.01. The Bertz CT molecular complexity index is 494. The molecule has 0 aliphatic carbocycles. The first kappa shape index (κ1) is 11.5. The second kappa shape index (κ2) is 4.87. The lowest BCUT2D eigenvalue weighted by Gasteiger charge is -2.07. The fourth-order valence-electron chi connectivity index (χ4n) is 1.53. The molecule has 2 aromatic rings. The minimum atomic E-state index is 0.541. The molecule has 1 aromatic carbocycles. The molecule has 16 heavy (non-hydrogen) atoms. The number of halogens is 2. The lowest BCUT2D eigenvalue weighted by Crippen LogP contribution is -2.11. The third kappa shape index (κ3) is 2.21. The van der Waals surface area contributed by atoms with E-state index in [0.717, 1.165) is 11.3 Å². The quantitative estimate of drug-likeness (QED) is 0.917. The zero-order chi connectivity index (χ0) is 11.5. The molecule has 0 aliphatic heterocycles. The molecule has 0 atom stereocenters. The van der Waals surface area contributed by atoms with Crippen LogP contribution in [0.3, 0.4) is 0 Å². The fraction of sp³-hybridized carbons (Fsp3) is 0.182. The van der Waals surface area contributed by atoms with Gasteiger partial charge in [0.1, 0.15) is 0 Å². The predicted molar refractivity (Wildman–Crippen MR) is 66.7 cm³/mol. The van der Waals surface area contributed by atoms with Gasteiger partial charge in [-0.25, -0.2) is 0 Å². The molecule has 3 nitrogen and oxygen atoms in total. The minimum absolute atomic E-state index is 0.541. The Morgan fingerprint density at radius 1 is 1.19 bits per heavy atom. The van der Waals surface area contributed by atoms with Crippen LogP contribution < -0.4 is 5.73 Å². The van der Waals surface area contributed by atoms with E-state index < -0.39 is 0 Å². The van der Waals surface area contributed by atoms with Crippen LogP contribution in [0.1, 0.15) is 0 Å². The zero-order valence-corrected chi connectivity index (χ0v) is 10.0. The number of aromatic nitrogens is 2. The Morgan fingerprint density at radius 2 is 2.00 bits per heavy atom. The zero-order valence-electron chi connectivity index (χ0n) is 8.53. The Labute approximate surface area is 104 Å². The van der Waals surface area contributed by atoms with Gasteiger partial charge in [0.2, 0.25) is 0 Å². The summed E-state index contributed by atoms with van der Waals surface area (Å²) in [6.45, 7) is 1.23. The van der Waals surface area contributed by atoms with Crippen molar-refractivity contribution in [1.29, 1.82) is 0 Å². The largest absolute Gasteiger partial charge is 0.329 e. The second-order valence-corrected chi connectivity index (χ2v) is 4.17. The van der Waals surface area contributed by atoms with E-state index in [4.69, 9.17) is 28.9 Å². The van der Waals surface area contributed by atoms with Gasteiger partial charge in [-0.15, -0.1) is 0 Å². The van der Waals surface area contributed by atoms with Crippen molar-refractivity contribution in [2.45, 2.75) is 6.54 Å². The van der Waals surface area contributed by atoms with Crippen molar-refractivity contribution in [3.8, 4) is 11.3 Å². The Hall–Kier alpha value is -1.03. The molecular weight excluding hydrogens is 245 g/mol. The van der Waals surface area contributed by atoms with Crippen molar-refractivity contribution in [3.05, 3.63) is 40.5 Å². The summed E-state index contributed by atoms with van der Waals surface area (Å²) < 4.78 is 1.85. The summed E-state index contributed by atoms with van der Waals surface area (Å²) >= 11 is 11.8. The number of nitrogens with zero attached hydrogens (tertiary/aromatic N) is 2.